The molecule has 27 heavy (non-hydrogen) atoms. The summed E-state index contributed by atoms with van der Waals surface area (Å²) in [6.07, 6.45) is 5.15. The van der Waals surface area contributed by atoms with Gasteiger partial charge in [0.15, 0.2) is 5.82 Å². The van der Waals surface area contributed by atoms with E-state index in [9.17, 15) is 4.79 Å². The molecule has 0 unspecified atom stereocenters. The third-order valence-electron chi connectivity index (χ3n) is 5.75. The molecular formula is C21H21N5O. The van der Waals surface area contributed by atoms with E-state index in [1.54, 1.807) is 0 Å². The number of aromatic nitrogens is 4. The van der Waals surface area contributed by atoms with E-state index in [1.165, 1.54) is 0 Å². The highest BCUT2D eigenvalue weighted by molar-refractivity contribution is 6.00. The van der Waals surface area contributed by atoms with Gasteiger partial charge in [-0.2, -0.15) is 0 Å². The van der Waals surface area contributed by atoms with Crippen molar-refractivity contribution in [3.8, 4) is 11.4 Å². The number of benzene rings is 2. The van der Waals surface area contributed by atoms with Crippen LogP contribution in [0.15, 0.2) is 54.6 Å². The Bertz CT molecular complexity index is 956. The van der Waals surface area contributed by atoms with Crippen LogP contribution in [0.4, 0.5) is 5.69 Å². The van der Waals surface area contributed by atoms with Gasteiger partial charge in [0.05, 0.1) is 11.5 Å². The molecule has 0 spiro atoms. The van der Waals surface area contributed by atoms with Gasteiger partial charge in [-0.25, -0.2) is 4.68 Å². The number of hydrogen-bond donors (Lipinski definition) is 1. The minimum atomic E-state index is -0.393. The SMILES string of the molecule is O=C(Nc1ccc(-c2nnnn2C2CC2)cc1)C1(c2ccccc2)CCC1. The summed E-state index contributed by atoms with van der Waals surface area (Å²) >= 11 is 0. The van der Waals surface area contributed by atoms with Gasteiger partial charge in [-0.15, -0.1) is 5.10 Å². The molecule has 0 radical (unpaired) electrons. The molecule has 0 saturated heterocycles. The Labute approximate surface area is 157 Å². The molecule has 0 aliphatic heterocycles. The summed E-state index contributed by atoms with van der Waals surface area (Å²) in [4.78, 5) is 13.0. The van der Waals surface area contributed by atoms with Gasteiger partial charge in [-0.1, -0.05) is 36.8 Å². The van der Waals surface area contributed by atoms with Crippen molar-refractivity contribution in [1.29, 1.82) is 0 Å². The van der Waals surface area contributed by atoms with Crippen LogP contribution in [0.25, 0.3) is 11.4 Å². The summed E-state index contributed by atoms with van der Waals surface area (Å²) in [7, 11) is 0. The van der Waals surface area contributed by atoms with Crippen LogP contribution in [-0.2, 0) is 10.2 Å². The first-order valence-corrected chi connectivity index (χ1v) is 9.52. The second kappa shape index (κ2) is 6.30. The van der Waals surface area contributed by atoms with Crippen LogP contribution in [0.1, 0.15) is 43.7 Å². The molecule has 136 valence electrons. The lowest BCUT2D eigenvalue weighted by atomic mass is 9.64. The van der Waals surface area contributed by atoms with Gasteiger partial charge in [-0.05, 0) is 65.9 Å². The topological polar surface area (TPSA) is 72.7 Å². The molecule has 6 heteroatoms. The predicted octanol–water partition coefficient (Wildman–Crippen LogP) is 3.74. The zero-order valence-electron chi connectivity index (χ0n) is 15.0. The number of amides is 1. The normalized spacial score (nSPS) is 17.9. The van der Waals surface area contributed by atoms with Gasteiger partial charge in [0.25, 0.3) is 0 Å². The van der Waals surface area contributed by atoms with Crippen LogP contribution in [0.3, 0.4) is 0 Å². The lowest BCUT2D eigenvalue weighted by Gasteiger charge is -2.40. The summed E-state index contributed by atoms with van der Waals surface area (Å²) in [5.41, 5.74) is 2.48. The zero-order chi connectivity index (χ0) is 18.3. The van der Waals surface area contributed by atoms with Gasteiger partial charge in [-0.3, -0.25) is 4.79 Å². The Balaban J connectivity index is 1.35. The number of nitrogens with one attached hydrogen (secondary N) is 1. The highest BCUT2D eigenvalue weighted by Crippen LogP contribution is 2.44. The Morgan fingerprint density at radius 2 is 1.78 bits per heavy atom. The standard InChI is InChI=1S/C21H21N5O/c27-20(21(13-4-14-21)16-5-2-1-3-6-16)22-17-9-7-15(8-10-17)19-23-24-25-26(19)18-11-12-18/h1-3,5-10,18H,4,11-14H2,(H,22,27). The van der Waals surface area contributed by atoms with Crippen LogP contribution in [0.2, 0.25) is 0 Å². The van der Waals surface area contributed by atoms with Gasteiger partial charge < -0.3 is 5.32 Å². The van der Waals surface area contributed by atoms with Gasteiger partial charge in [0, 0.05) is 11.3 Å². The molecule has 0 bridgehead atoms. The molecule has 6 nitrogen and oxygen atoms in total. The molecule has 0 atom stereocenters. The highest BCUT2D eigenvalue weighted by atomic mass is 16.2. The van der Waals surface area contributed by atoms with Crippen molar-refractivity contribution in [2.75, 3.05) is 5.32 Å². The van der Waals surface area contributed by atoms with Crippen LogP contribution in [0.5, 0.6) is 0 Å². The second-order valence-corrected chi connectivity index (χ2v) is 7.51. The highest BCUT2D eigenvalue weighted by Gasteiger charge is 2.45. The number of anilines is 1. The Kier molecular flexibility index (Phi) is 3.77. The number of tetrazole rings is 1. The Hall–Kier alpha value is -3.02. The average molecular weight is 359 g/mol. The number of carbonyl (C=O) groups excluding carboxylic acids is 1. The summed E-state index contributed by atoms with van der Waals surface area (Å²) < 4.78 is 1.90. The first-order valence-electron chi connectivity index (χ1n) is 9.52. The average Bonchev–Trinajstić information content (AvgIpc) is 3.39. The van der Waals surface area contributed by atoms with E-state index in [-0.39, 0.29) is 5.91 Å². The largest absolute Gasteiger partial charge is 0.325 e. The first-order chi connectivity index (χ1) is 13.3. The van der Waals surface area contributed by atoms with E-state index in [4.69, 9.17) is 0 Å². The van der Waals surface area contributed by atoms with Crippen LogP contribution < -0.4 is 5.32 Å². The van der Waals surface area contributed by atoms with E-state index in [0.717, 1.165) is 54.7 Å². The van der Waals surface area contributed by atoms with E-state index in [0.29, 0.717) is 6.04 Å². The lowest BCUT2D eigenvalue weighted by molar-refractivity contribution is -0.124. The van der Waals surface area contributed by atoms with E-state index < -0.39 is 5.41 Å². The van der Waals surface area contributed by atoms with Crippen LogP contribution in [-0.4, -0.2) is 26.1 Å². The Morgan fingerprint density at radius 3 is 2.41 bits per heavy atom. The van der Waals surface area contributed by atoms with E-state index >= 15 is 0 Å². The zero-order valence-corrected chi connectivity index (χ0v) is 15.0. The molecule has 2 fully saturated rings. The van der Waals surface area contributed by atoms with Crippen molar-refractivity contribution in [3.05, 3.63) is 60.2 Å². The quantitative estimate of drug-likeness (QED) is 0.753. The van der Waals surface area contributed by atoms with Crippen LogP contribution in [0, 0.1) is 0 Å². The third-order valence-corrected chi connectivity index (χ3v) is 5.75. The second-order valence-electron chi connectivity index (χ2n) is 7.51. The number of hydrogen-bond acceptors (Lipinski definition) is 4. The molecule has 2 aliphatic carbocycles. The summed E-state index contributed by atoms with van der Waals surface area (Å²) in [5, 5.41) is 15.2. The molecule has 1 N–H and O–H groups in total. The molecule has 5 rings (SSSR count). The fourth-order valence-electron chi connectivity index (χ4n) is 3.84. The van der Waals surface area contributed by atoms with Crippen molar-refractivity contribution < 1.29 is 4.79 Å². The monoisotopic (exact) mass is 359 g/mol. The first kappa shape index (κ1) is 16.2. The molecule has 2 aromatic carbocycles. The van der Waals surface area contributed by atoms with Crippen molar-refractivity contribution in [1.82, 2.24) is 20.2 Å². The van der Waals surface area contributed by atoms with E-state index in [1.807, 2.05) is 47.1 Å². The van der Waals surface area contributed by atoms with Crippen molar-refractivity contribution in [3.63, 3.8) is 0 Å². The number of rotatable bonds is 5. The van der Waals surface area contributed by atoms with Gasteiger partial charge >= 0.3 is 0 Å². The fraction of sp³-hybridized carbons (Fsp3) is 0.333. The van der Waals surface area contributed by atoms with Crippen molar-refractivity contribution >= 4 is 11.6 Å². The minimum Gasteiger partial charge on any atom is -0.325 e. The molecule has 1 amide bonds. The molecule has 3 aromatic rings. The van der Waals surface area contributed by atoms with E-state index in [2.05, 4.69) is 33.0 Å². The molecule has 1 aromatic heterocycles. The fourth-order valence-corrected chi connectivity index (χ4v) is 3.84. The smallest absolute Gasteiger partial charge is 0.235 e. The van der Waals surface area contributed by atoms with Crippen molar-refractivity contribution in [2.45, 2.75) is 43.6 Å². The third kappa shape index (κ3) is 2.81. The number of nitrogens with zero attached hydrogens (tertiary/aromatic N) is 4. The van der Waals surface area contributed by atoms with Crippen molar-refractivity contribution in [2.24, 2.45) is 0 Å². The minimum absolute atomic E-state index is 0.0792. The summed E-state index contributed by atoms with van der Waals surface area (Å²) in [6, 6.07) is 18.3. The van der Waals surface area contributed by atoms with Gasteiger partial charge in [0.1, 0.15) is 0 Å². The van der Waals surface area contributed by atoms with Crippen LogP contribution >= 0.6 is 0 Å². The molecule has 2 saturated carbocycles. The molecule has 1 heterocycles. The summed E-state index contributed by atoms with van der Waals surface area (Å²) in [6.45, 7) is 0. The number of carbonyl (C=O) groups is 1. The summed E-state index contributed by atoms with van der Waals surface area (Å²) in [5.74, 6) is 0.866. The molecule has 2 aliphatic rings. The maximum absolute atomic E-state index is 13.0. The maximum atomic E-state index is 13.0. The lowest BCUT2D eigenvalue weighted by Crippen LogP contribution is -2.45. The predicted molar refractivity (Wildman–Crippen MR) is 102 cm³/mol. The van der Waals surface area contributed by atoms with Gasteiger partial charge in [0.2, 0.25) is 5.91 Å². The Morgan fingerprint density at radius 1 is 1.04 bits per heavy atom. The maximum Gasteiger partial charge on any atom is 0.235 e. The molecular weight excluding hydrogens is 338 g/mol.